The second kappa shape index (κ2) is 3.42. The molecule has 0 bridgehead atoms. The number of hydrogen-bond acceptors (Lipinski definition) is 4. The smallest absolute Gasteiger partial charge is 0.246 e. The number of carbonyl (C=O) groups excluding carboxylic acids is 1. The van der Waals surface area contributed by atoms with Crippen molar-refractivity contribution in [1.82, 2.24) is 4.98 Å². The van der Waals surface area contributed by atoms with Crippen molar-refractivity contribution in [2.75, 3.05) is 7.11 Å². The zero-order valence-electron chi connectivity index (χ0n) is 9.44. The molecule has 1 aliphatic carbocycles. The molecule has 1 heterocycles. The van der Waals surface area contributed by atoms with Gasteiger partial charge in [-0.25, -0.2) is 0 Å². The average Bonchev–Trinajstić information content (AvgIpc) is 2.28. The molecule has 0 amide bonds. The number of carbonyl (C=O) groups is 1. The Bertz CT molecular complexity index is 489. The largest absolute Gasteiger partial charge is 0.493 e. The third-order valence-electron chi connectivity index (χ3n) is 3.03. The number of ketones is 1. The van der Waals surface area contributed by atoms with Crippen LogP contribution < -0.4 is 0 Å². The first-order chi connectivity index (χ1) is 7.50. The Morgan fingerprint density at radius 1 is 1.50 bits per heavy atom. The summed E-state index contributed by atoms with van der Waals surface area (Å²) in [6.45, 7) is 3.32. The molecule has 0 radical (unpaired) electrons. The van der Waals surface area contributed by atoms with E-state index in [0.29, 0.717) is 11.1 Å². The minimum atomic E-state index is -1.21. The molecule has 0 aromatic carbocycles. The number of nitrogens with zero attached hydrogens (tertiary/aromatic N) is 1. The van der Waals surface area contributed by atoms with Crippen LogP contribution in [0.25, 0.3) is 0 Å². The summed E-state index contributed by atoms with van der Waals surface area (Å²) in [6.07, 6.45) is 1.53. The summed E-state index contributed by atoms with van der Waals surface area (Å²) < 4.78 is 5.04. The molecule has 0 saturated carbocycles. The van der Waals surface area contributed by atoms with E-state index in [1.54, 1.807) is 26.0 Å². The SMILES string of the molecule is COC1=C(C)C(C)(O)c2cccnc2C1=O. The van der Waals surface area contributed by atoms with Crippen molar-refractivity contribution < 1.29 is 14.6 Å². The first kappa shape index (κ1) is 10.8. The molecule has 0 aliphatic heterocycles. The Kier molecular flexibility index (Phi) is 2.31. The topological polar surface area (TPSA) is 59.4 Å². The summed E-state index contributed by atoms with van der Waals surface area (Å²) in [4.78, 5) is 16.0. The van der Waals surface area contributed by atoms with Gasteiger partial charge in [-0.1, -0.05) is 6.07 Å². The Labute approximate surface area is 93.6 Å². The summed E-state index contributed by atoms with van der Waals surface area (Å²) in [6, 6.07) is 3.40. The van der Waals surface area contributed by atoms with Crippen LogP contribution in [0.2, 0.25) is 0 Å². The molecular weight excluding hydrogens is 206 g/mol. The molecule has 1 aromatic heterocycles. The third-order valence-corrected chi connectivity index (χ3v) is 3.03. The van der Waals surface area contributed by atoms with Crippen LogP contribution in [-0.4, -0.2) is 23.0 Å². The van der Waals surface area contributed by atoms with Crippen molar-refractivity contribution in [2.24, 2.45) is 0 Å². The Balaban J connectivity index is 2.74. The molecule has 16 heavy (non-hydrogen) atoms. The van der Waals surface area contributed by atoms with Gasteiger partial charge in [-0.15, -0.1) is 0 Å². The fraction of sp³-hybridized carbons (Fsp3) is 0.333. The maximum Gasteiger partial charge on any atom is 0.246 e. The van der Waals surface area contributed by atoms with E-state index >= 15 is 0 Å². The summed E-state index contributed by atoms with van der Waals surface area (Å²) >= 11 is 0. The van der Waals surface area contributed by atoms with Crippen molar-refractivity contribution in [2.45, 2.75) is 19.4 Å². The third kappa shape index (κ3) is 1.27. The highest BCUT2D eigenvalue weighted by Gasteiger charge is 2.40. The van der Waals surface area contributed by atoms with Crippen molar-refractivity contribution >= 4 is 5.78 Å². The van der Waals surface area contributed by atoms with E-state index in [2.05, 4.69) is 4.98 Å². The van der Waals surface area contributed by atoms with E-state index in [1.165, 1.54) is 13.3 Å². The highest BCUT2D eigenvalue weighted by molar-refractivity contribution is 6.09. The predicted octanol–water partition coefficient (Wildman–Crippen LogP) is 1.41. The maximum atomic E-state index is 12.0. The molecular formula is C12H13NO3. The van der Waals surface area contributed by atoms with Crippen molar-refractivity contribution in [3.63, 3.8) is 0 Å². The van der Waals surface area contributed by atoms with Gasteiger partial charge < -0.3 is 9.84 Å². The van der Waals surface area contributed by atoms with E-state index in [9.17, 15) is 9.90 Å². The number of allylic oxidation sites excluding steroid dienone is 1. The van der Waals surface area contributed by atoms with Crippen LogP contribution in [0.3, 0.4) is 0 Å². The number of fused-ring (bicyclic) bond motifs is 1. The minimum Gasteiger partial charge on any atom is -0.493 e. The Hall–Kier alpha value is -1.68. The molecule has 0 fully saturated rings. The van der Waals surface area contributed by atoms with Crippen LogP contribution in [0.5, 0.6) is 0 Å². The van der Waals surface area contributed by atoms with Gasteiger partial charge in [-0.2, -0.15) is 0 Å². The number of Topliss-reactive ketones (excluding diaryl/α,β-unsaturated/α-hetero) is 1. The number of ether oxygens (including phenoxy) is 1. The second-order valence-corrected chi connectivity index (χ2v) is 3.96. The average molecular weight is 219 g/mol. The standard InChI is InChI=1S/C12H13NO3/c1-7-11(16-3)10(14)9-8(12(7,2)15)5-4-6-13-9/h4-6,15H,1-3H3. The summed E-state index contributed by atoms with van der Waals surface area (Å²) in [7, 11) is 1.42. The molecule has 1 N–H and O–H groups in total. The highest BCUT2D eigenvalue weighted by atomic mass is 16.5. The van der Waals surface area contributed by atoms with E-state index in [0.717, 1.165) is 0 Å². The molecule has 0 spiro atoms. The van der Waals surface area contributed by atoms with Gasteiger partial charge in [-0.3, -0.25) is 9.78 Å². The van der Waals surface area contributed by atoms with Gasteiger partial charge in [0.05, 0.1) is 7.11 Å². The maximum absolute atomic E-state index is 12.0. The van der Waals surface area contributed by atoms with E-state index < -0.39 is 5.60 Å². The molecule has 84 valence electrons. The molecule has 4 heteroatoms. The summed E-state index contributed by atoms with van der Waals surface area (Å²) in [5.41, 5.74) is 0.0943. The number of methoxy groups -OCH3 is 1. The normalized spacial score (nSPS) is 24.4. The fourth-order valence-electron chi connectivity index (χ4n) is 1.93. The minimum absolute atomic E-state index is 0.177. The number of aliphatic hydroxyl groups is 1. The van der Waals surface area contributed by atoms with Crippen LogP contribution >= 0.6 is 0 Å². The molecule has 1 aliphatic rings. The van der Waals surface area contributed by atoms with Crippen molar-refractivity contribution in [3.8, 4) is 0 Å². The first-order valence-electron chi connectivity index (χ1n) is 4.98. The highest BCUT2D eigenvalue weighted by Crippen LogP contribution is 2.37. The molecule has 0 saturated heterocycles. The van der Waals surface area contributed by atoms with Gasteiger partial charge in [0.25, 0.3) is 0 Å². The first-order valence-corrected chi connectivity index (χ1v) is 4.98. The number of pyridine rings is 1. The van der Waals surface area contributed by atoms with Gasteiger partial charge in [0.2, 0.25) is 5.78 Å². The van der Waals surface area contributed by atoms with Crippen LogP contribution in [-0.2, 0) is 10.3 Å². The van der Waals surface area contributed by atoms with Crippen LogP contribution in [0.1, 0.15) is 29.9 Å². The molecule has 2 rings (SSSR count). The van der Waals surface area contributed by atoms with Gasteiger partial charge in [0.15, 0.2) is 5.76 Å². The fourth-order valence-corrected chi connectivity index (χ4v) is 1.93. The lowest BCUT2D eigenvalue weighted by Crippen LogP contribution is -2.33. The van der Waals surface area contributed by atoms with Gasteiger partial charge in [0.1, 0.15) is 11.3 Å². The Morgan fingerprint density at radius 2 is 2.19 bits per heavy atom. The van der Waals surface area contributed by atoms with Crippen LogP contribution in [0.15, 0.2) is 29.7 Å². The van der Waals surface area contributed by atoms with Crippen LogP contribution in [0, 0.1) is 0 Å². The van der Waals surface area contributed by atoms with Crippen molar-refractivity contribution in [1.29, 1.82) is 0 Å². The monoisotopic (exact) mass is 219 g/mol. The lowest BCUT2D eigenvalue weighted by molar-refractivity contribution is 0.0707. The quantitative estimate of drug-likeness (QED) is 0.775. The number of rotatable bonds is 1. The Morgan fingerprint density at radius 3 is 2.81 bits per heavy atom. The number of hydrogen-bond donors (Lipinski definition) is 1. The van der Waals surface area contributed by atoms with E-state index in [-0.39, 0.29) is 17.2 Å². The summed E-state index contributed by atoms with van der Waals surface area (Å²) in [5.74, 6) is -0.0988. The van der Waals surface area contributed by atoms with E-state index in [4.69, 9.17) is 4.74 Å². The zero-order valence-corrected chi connectivity index (χ0v) is 9.44. The molecule has 1 atom stereocenters. The second-order valence-electron chi connectivity index (χ2n) is 3.96. The molecule has 4 nitrogen and oxygen atoms in total. The molecule has 1 aromatic rings. The van der Waals surface area contributed by atoms with Crippen molar-refractivity contribution in [3.05, 3.63) is 40.9 Å². The van der Waals surface area contributed by atoms with E-state index in [1.807, 2.05) is 0 Å². The summed E-state index contributed by atoms with van der Waals surface area (Å²) in [5, 5.41) is 10.4. The predicted molar refractivity (Wildman–Crippen MR) is 57.8 cm³/mol. The van der Waals surface area contributed by atoms with Gasteiger partial charge in [0, 0.05) is 17.3 Å². The number of aromatic nitrogens is 1. The van der Waals surface area contributed by atoms with Gasteiger partial charge in [-0.05, 0) is 19.9 Å². The lowest BCUT2D eigenvalue weighted by atomic mass is 9.81. The van der Waals surface area contributed by atoms with Gasteiger partial charge >= 0.3 is 0 Å². The lowest BCUT2D eigenvalue weighted by Gasteiger charge is -2.31. The van der Waals surface area contributed by atoms with Crippen LogP contribution in [0.4, 0.5) is 0 Å². The zero-order chi connectivity index (χ0) is 11.9. The molecule has 1 unspecified atom stereocenters.